The second-order valence-corrected chi connectivity index (χ2v) is 4.30. The first-order valence-corrected chi connectivity index (χ1v) is 6.04. The van der Waals surface area contributed by atoms with Gasteiger partial charge in [-0.1, -0.05) is 42.5 Å². The molecule has 4 N–H and O–H groups in total. The number of hydrogen-bond acceptors (Lipinski definition) is 3. The van der Waals surface area contributed by atoms with E-state index in [0.29, 0.717) is 12.2 Å². The Morgan fingerprint density at radius 2 is 1.83 bits per heavy atom. The van der Waals surface area contributed by atoms with Crippen molar-refractivity contribution in [3.8, 4) is 0 Å². The quantitative estimate of drug-likeness (QED) is 0.704. The molecule has 0 aliphatic rings. The summed E-state index contributed by atoms with van der Waals surface area (Å²) in [7, 11) is 0. The van der Waals surface area contributed by atoms with E-state index < -0.39 is 6.10 Å². The van der Waals surface area contributed by atoms with Crippen LogP contribution in [0.2, 0.25) is 0 Å². The molecule has 0 saturated carbocycles. The number of rotatable bonds is 5. The van der Waals surface area contributed by atoms with Crippen molar-refractivity contribution in [3.63, 3.8) is 0 Å². The van der Waals surface area contributed by atoms with E-state index in [1.807, 2.05) is 36.4 Å². The van der Waals surface area contributed by atoms with Gasteiger partial charge in [0.15, 0.2) is 0 Å². The minimum atomic E-state index is -0.530. The van der Waals surface area contributed by atoms with E-state index in [0.717, 1.165) is 12.1 Å². The fraction of sp³-hybridized carbons (Fsp3) is 0.200. The first kappa shape index (κ1) is 12.6. The predicted octanol–water partition coefficient (Wildman–Crippen LogP) is 2.09. The maximum atomic E-state index is 10.0. The van der Waals surface area contributed by atoms with Crippen LogP contribution in [0.5, 0.6) is 0 Å². The average molecular weight is 242 g/mol. The molecule has 18 heavy (non-hydrogen) atoms. The Hall–Kier alpha value is -1.84. The molecule has 0 aliphatic heterocycles. The molecule has 2 rings (SSSR count). The van der Waals surface area contributed by atoms with Crippen LogP contribution < -0.4 is 11.1 Å². The first-order chi connectivity index (χ1) is 8.75. The molecule has 0 amide bonds. The number of nitrogen functional groups attached to an aromatic ring is 1. The molecule has 2 aromatic carbocycles. The van der Waals surface area contributed by atoms with Crippen LogP contribution in [0, 0.1) is 0 Å². The van der Waals surface area contributed by atoms with Gasteiger partial charge in [0, 0.05) is 18.8 Å². The van der Waals surface area contributed by atoms with Crippen LogP contribution in [0.15, 0.2) is 54.6 Å². The molecule has 0 fully saturated rings. The lowest BCUT2D eigenvalue weighted by atomic mass is 10.1. The molecular weight excluding hydrogens is 224 g/mol. The van der Waals surface area contributed by atoms with Crippen molar-refractivity contribution in [3.05, 3.63) is 65.7 Å². The van der Waals surface area contributed by atoms with Gasteiger partial charge in [-0.2, -0.15) is 0 Å². The van der Waals surface area contributed by atoms with Crippen molar-refractivity contribution in [2.45, 2.75) is 12.6 Å². The lowest BCUT2D eigenvalue weighted by Gasteiger charge is -2.12. The molecule has 0 bridgehead atoms. The Kier molecular flexibility index (Phi) is 4.34. The van der Waals surface area contributed by atoms with E-state index in [1.54, 1.807) is 6.07 Å². The summed E-state index contributed by atoms with van der Waals surface area (Å²) in [6, 6.07) is 17.5. The highest BCUT2D eigenvalue weighted by atomic mass is 16.3. The van der Waals surface area contributed by atoms with Crippen LogP contribution >= 0.6 is 0 Å². The zero-order chi connectivity index (χ0) is 12.8. The molecular formula is C15H18N2O. The van der Waals surface area contributed by atoms with Gasteiger partial charge in [0.1, 0.15) is 0 Å². The van der Waals surface area contributed by atoms with Crippen molar-refractivity contribution >= 4 is 5.69 Å². The normalized spacial score (nSPS) is 12.3. The summed E-state index contributed by atoms with van der Waals surface area (Å²) >= 11 is 0. The maximum Gasteiger partial charge on any atom is 0.0915 e. The Morgan fingerprint density at radius 3 is 2.56 bits per heavy atom. The van der Waals surface area contributed by atoms with Gasteiger partial charge in [-0.05, 0) is 23.3 Å². The average Bonchev–Trinajstić information content (AvgIpc) is 2.40. The Labute approximate surface area is 107 Å². The van der Waals surface area contributed by atoms with Crippen LogP contribution in [0.25, 0.3) is 0 Å². The van der Waals surface area contributed by atoms with Gasteiger partial charge in [0.25, 0.3) is 0 Å². The molecule has 3 heteroatoms. The van der Waals surface area contributed by atoms with E-state index >= 15 is 0 Å². The van der Waals surface area contributed by atoms with Gasteiger partial charge in [-0.3, -0.25) is 0 Å². The molecule has 1 atom stereocenters. The van der Waals surface area contributed by atoms with Crippen LogP contribution in [-0.4, -0.2) is 11.7 Å². The van der Waals surface area contributed by atoms with Crippen molar-refractivity contribution in [2.75, 3.05) is 12.3 Å². The summed E-state index contributed by atoms with van der Waals surface area (Å²) in [4.78, 5) is 0. The number of benzene rings is 2. The number of hydrogen-bond donors (Lipinski definition) is 3. The molecule has 0 radical (unpaired) electrons. The highest BCUT2D eigenvalue weighted by molar-refractivity contribution is 5.41. The summed E-state index contributed by atoms with van der Waals surface area (Å²) in [5.74, 6) is 0. The van der Waals surface area contributed by atoms with Gasteiger partial charge in [0.05, 0.1) is 6.10 Å². The SMILES string of the molecule is Nc1cccc([C@@H](O)CNCc2ccccc2)c1. The number of aliphatic hydroxyl groups excluding tert-OH is 1. The first-order valence-electron chi connectivity index (χ1n) is 6.04. The van der Waals surface area contributed by atoms with Crippen molar-refractivity contribution in [2.24, 2.45) is 0 Å². The van der Waals surface area contributed by atoms with Gasteiger partial charge in [-0.25, -0.2) is 0 Å². The number of nitrogens with one attached hydrogen (secondary N) is 1. The molecule has 0 saturated heterocycles. The summed E-state index contributed by atoms with van der Waals surface area (Å²) in [5.41, 5.74) is 8.41. The molecule has 0 spiro atoms. The van der Waals surface area contributed by atoms with Gasteiger partial charge in [-0.15, -0.1) is 0 Å². The van der Waals surface area contributed by atoms with Gasteiger partial charge >= 0.3 is 0 Å². The zero-order valence-electron chi connectivity index (χ0n) is 10.2. The fourth-order valence-electron chi connectivity index (χ4n) is 1.83. The number of anilines is 1. The largest absolute Gasteiger partial charge is 0.399 e. The summed E-state index contributed by atoms with van der Waals surface area (Å²) in [5, 5.41) is 13.2. The van der Waals surface area contributed by atoms with Crippen LogP contribution in [0.1, 0.15) is 17.2 Å². The smallest absolute Gasteiger partial charge is 0.0915 e. The van der Waals surface area contributed by atoms with E-state index in [4.69, 9.17) is 5.73 Å². The molecule has 0 heterocycles. The lowest BCUT2D eigenvalue weighted by molar-refractivity contribution is 0.174. The maximum absolute atomic E-state index is 10.0. The topological polar surface area (TPSA) is 58.3 Å². The minimum Gasteiger partial charge on any atom is -0.399 e. The molecule has 0 aromatic heterocycles. The lowest BCUT2D eigenvalue weighted by Crippen LogP contribution is -2.21. The third kappa shape index (κ3) is 3.58. The van der Waals surface area contributed by atoms with Crippen LogP contribution in [0.3, 0.4) is 0 Å². The fourth-order valence-corrected chi connectivity index (χ4v) is 1.83. The van der Waals surface area contributed by atoms with Crippen LogP contribution in [0.4, 0.5) is 5.69 Å². The monoisotopic (exact) mass is 242 g/mol. The van der Waals surface area contributed by atoms with E-state index in [9.17, 15) is 5.11 Å². The Bertz CT molecular complexity index is 485. The second-order valence-electron chi connectivity index (χ2n) is 4.30. The molecule has 0 aliphatic carbocycles. The zero-order valence-corrected chi connectivity index (χ0v) is 10.2. The van der Waals surface area contributed by atoms with Gasteiger partial charge < -0.3 is 16.2 Å². The third-order valence-corrected chi connectivity index (χ3v) is 2.81. The summed E-state index contributed by atoms with van der Waals surface area (Å²) in [6.45, 7) is 1.26. The van der Waals surface area contributed by atoms with E-state index in [2.05, 4.69) is 17.4 Å². The van der Waals surface area contributed by atoms with Crippen molar-refractivity contribution in [1.82, 2.24) is 5.32 Å². The molecule has 3 nitrogen and oxygen atoms in total. The summed E-state index contributed by atoms with van der Waals surface area (Å²) in [6.07, 6.45) is -0.530. The predicted molar refractivity (Wildman–Crippen MR) is 74.0 cm³/mol. The molecule has 94 valence electrons. The van der Waals surface area contributed by atoms with E-state index in [1.165, 1.54) is 5.56 Å². The Balaban J connectivity index is 1.83. The highest BCUT2D eigenvalue weighted by Crippen LogP contribution is 2.14. The Morgan fingerprint density at radius 1 is 1.06 bits per heavy atom. The summed E-state index contributed by atoms with van der Waals surface area (Å²) < 4.78 is 0. The van der Waals surface area contributed by atoms with Crippen molar-refractivity contribution < 1.29 is 5.11 Å². The molecule has 0 unspecified atom stereocenters. The van der Waals surface area contributed by atoms with Gasteiger partial charge in [0.2, 0.25) is 0 Å². The standard InChI is InChI=1S/C15H18N2O/c16-14-8-4-7-13(9-14)15(18)11-17-10-12-5-2-1-3-6-12/h1-9,15,17-18H,10-11,16H2/t15-/m0/s1. The molecule has 2 aromatic rings. The van der Waals surface area contributed by atoms with Crippen LogP contribution in [-0.2, 0) is 6.54 Å². The van der Waals surface area contributed by atoms with Crippen molar-refractivity contribution in [1.29, 1.82) is 0 Å². The van der Waals surface area contributed by atoms with E-state index in [-0.39, 0.29) is 0 Å². The number of aliphatic hydroxyl groups is 1. The number of nitrogens with two attached hydrogens (primary N) is 1. The highest BCUT2D eigenvalue weighted by Gasteiger charge is 2.06. The second kappa shape index (κ2) is 6.19. The minimum absolute atomic E-state index is 0.512. The third-order valence-electron chi connectivity index (χ3n) is 2.81.